The van der Waals surface area contributed by atoms with Gasteiger partial charge >= 0.3 is 0 Å². The van der Waals surface area contributed by atoms with Crippen LogP contribution in [0.5, 0.6) is 0 Å². The average Bonchev–Trinajstić information content (AvgIpc) is 2.87. The summed E-state index contributed by atoms with van der Waals surface area (Å²) in [5.41, 5.74) is 2.71. The molecule has 0 spiro atoms. The van der Waals surface area contributed by atoms with Crippen molar-refractivity contribution in [2.75, 3.05) is 5.32 Å². The third kappa shape index (κ3) is 2.61. The van der Waals surface area contributed by atoms with Gasteiger partial charge in [0.05, 0.1) is 4.88 Å². The van der Waals surface area contributed by atoms with Crippen LogP contribution in [0.3, 0.4) is 0 Å². The maximum atomic E-state index is 13.2. The van der Waals surface area contributed by atoms with Gasteiger partial charge in [0, 0.05) is 10.6 Å². The summed E-state index contributed by atoms with van der Waals surface area (Å²) in [6.07, 6.45) is 4.55. The van der Waals surface area contributed by atoms with Crippen LogP contribution in [0, 0.1) is 12.7 Å². The van der Waals surface area contributed by atoms with Gasteiger partial charge in [-0.25, -0.2) is 4.39 Å². The lowest BCUT2D eigenvalue weighted by Crippen LogP contribution is -2.11. The molecule has 1 aromatic heterocycles. The first-order valence-corrected chi connectivity index (χ1v) is 7.64. The number of halogens is 1. The van der Waals surface area contributed by atoms with Gasteiger partial charge in [-0.15, -0.1) is 11.3 Å². The van der Waals surface area contributed by atoms with Crippen molar-refractivity contribution < 1.29 is 9.18 Å². The number of nitrogens with one attached hydrogen (secondary N) is 1. The Morgan fingerprint density at radius 2 is 2.05 bits per heavy atom. The van der Waals surface area contributed by atoms with Gasteiger partial charge in [0.1, 0.15) is 5.82 Å². The van der Waals surface area contributed by atoms with Crippen molar-refractivity contribution in [3.8, 4) is 0 Å². The van der Waals surface area contributed by atoms with Gasteiger partial charge < -0.3 is 5.32 Å². The van der Waals surface area contributed by atoms with Gasteiger partial charge in [-0.05, 0) is 61.9 Å². The van der Waals surface area contributed by atoms with Gasteiger partial charge in [-0.3, -0.25) is 4.79 Å². The normalized spacial score (nSPS) is 13.9. The molecule has 2 aromatic rings. The summed E-state index contributed by atoms with van der Waals surface area (Å²) in [6, 6.07) is 6.42. The predicted molar refractivity (Wildman–Crippen MR) is 80.1 cm³/mol. The average molecular weight is 289 g/mol. The highest BCUT2D eigenvalue weighted by atomic mass is 32.1. The molecule has 0 fully saturated rings. The van der Waals surface area contributed by atoms with Crippen LogP contribution in [0.4, 0.5) is 10.1 Å². The molecule has 0 saturated heterocycles. The third-order valence-electron chi connectivity index (χ3n) is 3.67. The van der Waals surface area contributed by atoms with E-state index in [1.165, 1.54) is 35.4 Å². The van der Waals surface area contributed by atoms with E-state index >= 15 is 0 Å². The number of aryl methyl sites for hydroxylation is 3. The molecule has 0 unspecified atom stereocenters. The van der Waals surface area contributed by atoms with Crippen molar-refractivity contribution in [1.82, 2.24) is 0 Å². The maximum Gasteiger partial charge on any atom is 0.265 e. The number of carbonyl (C=O) groups is 1. The Balaban J connectivity index is 1.82. The molecule has 1 amide bonds. The summed E-state index contributed by atoms with van der Waals surface area (Å²) < 4.78 is 13.2. The SMILES string of the molecule is Cc1ccc(F)cc1NC(=O)c1cc2c(s1)CCCC2. The zero-order valence-electron chi connectivity index (χ0n) is 11.3. The van der Waals surface area contributed by atoms with Crippen LogP contribution >= 0.6 is 11.3 Å². The van der Waals surface area contributed by atoms with Crippen LogP contribution in [0.15, 0.2) is 24.3 Å². The number of hydrogen-bond donors (Lipinski definition) is 1. The third-order valence-corrected chi connectivity index (χ3v) is 4.90. The summed E-state index contributed by atoms with van der Waals surface area (Å²) in [6.45, 7) is 1.86. The van der Waals surface area contributed by atoms with Crippen LogP contribution in [-0.4, -0.2) is 5.91 Å². The summed E-state index contributed by atoms with van der Waals surface area (Å²) >= 11 is 1.57. The standard InChI is InChI=1S/C16H16FNOS/c1-10-6-7-12(17)9-13(10)18-16(19)15-8-11-4-2-3-5-14(11)20-15/h6-9H,2-5H2,1H3,(H,18,19). The Hall–Kier alpha value is -1.68. The molecular formula is C16H16FNOS. The van der Waals surface area contributed by atoms with E-state index in [2.05, 4.69) is 5.32 Å². The van der Waals surface area contributed by atoms with Crippen molar-refractivity contribution >= 4 is 22.9 Å². The zero-order valence-corrected chi connectivity index (χ0v) is 12.1. The minimum atomic E-state index is -0.337. The van der Waals surface area contributed by atoms with Crippen LogP contribution in [-0.2, 0) is 12.8 Å². The van der Waals surface area contributed by atoms with Crippen molar-refractivity contribution in [3.63, 3.8) is 0 Å². The van der Waals surface area contributed by atoms with E-state index in [0.717, 1.165) is 23.3 Å². The molecule has 1 N–H and O–H groups in total. The summed E-state index contributed by atoms with van der Waals surface area (Å²) in [5.74, 6) is -0.477. The highest BCUT2D eigenvalue weighted by molar-refractivity contribution is 7.14. The number of thiophene rings is 1. The monoisotopic (exact) mass is 289 g/mol. The molecule has 0 radical (unpaired) electrons. The molecule has 0 bridgehead atoms. The number of rotatable bonds is 2. The number of anilines is 1. The van der Waals surface area contributed by atoms with E-state index in [9.17, 15) is 9.18 Å². The lowest BCUT2D eigenvalue weighted by Gasteiger charge is -2.08. The quantitative estimate of drug-likeness (QED) is 0.876. The molecule has 0 atom stereocenters. The lowest BCUT2D eigenvalue weighted by atomic mass is 9.99. The van der Waals surface area contributed by atoms with E-state index in [1.54, 1.807) is 17.4 Å². The molecule has 0 aliphatic heterocycles. The molecule has 1 aliphatic carbocycles. The molecule has 104 valence electrons. The second-order valence-electron chi connectivity index (χ2n) is 5.18. The summed E-state index contributed by atoms with van der Waals surface area (Å²) in [7, 11) is 0. The first kappa shape index (κ1) is 13.3. The Morgan fingerprint density at radius 1 is 1.25 bits per heavy atom. The zero-order chi connectivity index (χ0) is 14.1. The highest BCUT2D eigenvalue weighted by Gasteiger charge is 2.17. The summed E-state index contributed by atoms with van der Waals surface area (Å²) in [5, 5.41) is 2.81. The molecule has 20 heavy (non-hydrogen) atoms. The number of hydrogen-bond acceptors (Lipinski definition) is 2. The minimum Gasteiger partial charge on any atom is -0.321 e. The highest BCUT2D eigenvalue weighted by Crippen LogP contribution is 2.30. The van der Waals surface area contributed by atoms with E-state index in [-0.39, 0.29) is 11.7 Å². The fraction of sp³-hybridized carbons (Fsp3) is 0.312. The summed E-state index contributed by atoms with van der Waals surface area (Å²) in [4.78, 5) is 14.3. The van der Waals surface area contributed by atoms with Crippen LogP contribution in [0.25, 0.3) is 0 Å². The first-order valence-electron chi connectivity index (χ1n) is 6.82. The molecular weight excluding hydrogens is 273 g/mol. The van der Waals surface area contributed by atoms with E-state index in [0.29, 0.717) is 5.69 Å². The van der Waals surface area contributed by atoms with Crippen molar-refractivity contribution in [2.24, 2.45) is 0 Å². The number of benzene rings is 1. The molecule has 2 nitrogen and oxygen atoms in total. The largest absolute Gasteiger partial charge is 0.321 e. The fourth-order valence-electron chi connectivity index (χ4n) is 2.52. The predicted octanol–water partition coefficient (Wildman–Crippen LogP) is 4.33. The first-order chi connectivity index (χ1) is 9.63. The van der Waals surface area contributed by atoms with E-state index in [1.807, 2.05) is 13.0 Å². The second-order valence-corrected chi connectivity index (χ2v) is 6.32. The second kappa shape index (κ2) is 5.37. The van der Waals surface area contributed by atoms with Crippen molar-refractivity contribution in [1.29, 1.82) is 0 Å². The Labute approximate surface area is 121 Å². The molecule has 1 aromatic carbocycles. The number of carbonyl (C=O) groups excluding carboxylic acids is 1. The van der Waals surface area contributed by atoms with Crippen molar-refractivity contribution in [2.45, 2.75) is 32.6 Å². The van der Waals surface area contributed by atoms with Gasteiger partial charge in [0.25, 0.3) is 5.91 Å². The molecule has 3 rings (SSSR count). The van der Waals surface area contributed by atoms with Gasteiger partial charge in [0.2, 0.25) is 0 Å². The van der Waals surface area contributed by atoms with Gasteiger partial charge in [0.15, 0.2) is 0 Å². The Kier molecular flexibility index (Phi) is 3.57. The van der Waals surface area contributed by atoms with Crippen LogP contribution in [0.1, 0.15) is 38.5 Å². The van der Waals surface area contributed by atoms with Crippen LogP contribution in [0.2, 0.25) is 0 Å². The topological polar surface area (TPSA) is 29.1 Å². The van der Waals surface area contributed by atoms with E-state index in [4.69, 9.17) is 0 Å². The van der Waals surface area contributed by atoms with Gasteiger partial charge in [-0.1, -0.05) is 6.07 Å². The number of fused-ring (bicyclic) bond motifs is 1. The minimum absolute atomic E-state index is 0.141. The lowest BCUT2D eigenvalue weighted by molar-refractivity contribution is 0.103. The van der Waals surface area contributed by atoms with Crippen molar-refractivity contribution in [3.05, 3.63) is 51.0 Å². The smallest absolute Gasteiger partial charge is 0.265 e. The fourth-order valence-corrected chi connectivity index (χ4v) is 3.66. The molecule has 4 heteroatoms. The molecule has 1 heterocycles. The Morgan fingerprint density at radius 3 is 2.85 bits per heavy atom. The maximum absolute atomic E-state index is 13.2. The number of amides is 1. The molecule has 0 saturated carbocycles. The van der Waals surface area contributed by atoms with E-state index < -0.39 is 0 Å². The molecule has 1 aliphatic rings. The van der Waals surface area contributed by atoms with Crippen LogP contribution < -0.4 is 5.32 Å². The van der Waals surface area contributed by atoms with Gasteiger partial charge in [-0.2, -0.15) is 0 Å². The Bertz CT molecular complexity index is 639.